The third-order valence-electron chi connectivity index (χ3n) is 3.83. The number of hydrogen-bond donors (Lipinski definition) is 1. The van der Waals surface area contributed by atoms with Crippen molar-refractivity contribution in [2.75, 3.05) is 6.61 Å². The molecule has 0 radical (unpaired) electrons. The van der Waals surface area contributed by atoms with Gasteiger partial charge in [0.25, 0.3) is 0 Å². The summed E-state index contributed by atoms with van der Waals surface area (Å²) in [6.07, 6.45) is 5.48. The highest BCUT2D eigenvalue weighted by molar-refractivity contribution is 5.41. The molecule has 0 bridgehead atoms. The Bertz CT molecular complexity index is 458. The summed E-state index contributed by atoms with van der Waals surface area (Å²) in [5.41, 5.74) is 1.58. The summed E-state index contributed by atoms with van der Waals surface area (Å²) in [5, 5.41) is 18.9. The minimum Gasteiger partial charge on any atom is -0.491 e. The normalized spacial score (nSPS) is 17.1. The van der Waals surface area contributed by atoms with E-state index in [-0.39, 0.29) is 0 Å². The molecule has 0 saturated heterocycles. The summed E-state index contributed by atoms with van der Waals surface area (Å²) in [6, 6.07) is 7.48. The zero-order chi connectivity index (χ0) is 13.7. The molecule has 1 N–H and O–H groups in total. The van der Waals surface area contributed by atoms with Gasteiger partial charge in [0.05, 0.1) is 17.7 Å². The predicted molar refractivity (Wildman–Crippen MR) is 74.0 cm³/mol. The van der Waals surface area contributed by atoms with Crippen molar-refractivity contribution in [1.82, 2.24) is 0 Å². The third kappa shape index (κ3) is 3.97. The molecule has 0 aliphatic heterocycles. The van der Waals surface area contributed by atoms with Crippen LogP contribution in [0.3, 0.4) is 0 Å². The second-order valence-electron chi connectivity index (χ2n) is 5.44. The van der Waals surface area contributed by atoms with Crippen LogP contribution in [0.15, 0.2) is 18.2 Å². The van der Waals surface area contributed by atoms with E-state index in [1.807, 2.05) is 13.0 Å². The van der Waals surface area contributed by atoms with Gasteiger partial charge in [0, 0.05) is 0 Å². The summed E-state index contributed by atoms with van der Waals surface area (Å²) < 4.78 is 5.65. The molecule has 2 rings (SSSR count). The van der Waals surface area contributed by atoms with Crippen LogP contribution in [0.5, 0.6) is 5.75 Å². The Balaban J connectivity index is 1.85. The van der Waals surface area contributed by atoms with E-state index in [4.69, 9.17) is 10.00 Å². The van der Waals surface area contributed by atoms with E-state index < -0.39 is 6.10 Å². The largest absolute Gasteiger partial charge is 0.491 e. The van der Waals surface area contributed by atoms with Crippen molar-refractivity contribution < 1.29 is 9.84 Å². The number of nitrogens with zero attached hydrogens (tertiary/aromatic N) is 1. The molecule has 0 amide bonds. The fraction of sp³-hybridized carbons (Fsp3) is 0.562. The van der Waals surface area contributed by atoms with Crippen LogP contribution in [0, 0.1) is 24.2 Å². The van der Waals surface area contributed by atoms with Gasteiger partial charge >= 0.3 is 0 Å². The van der Waals surface area contributed by atoms with Gasteiger partial charge in [-0.2, -0.15) is 5.26 Å². The summed E-state index contributed by atoms with van der Waals surface area (Å²) in [4.78, 5) is 0. The van der Waals surface area contributed by atoms with E-state index in [1.54, 1.807) is 12.1 Å². The molecule has 0 aromatic heterocycles. The third-order valence-corrected chi connectivity index (χ3v) is 3.83. The first-order chi connectivity index (χ1) is 9.19. The Kier molecular flexibility index (Phi) is 4.81. The van der Waals surface area contributed by atoms with E-state index in [9.17, 15) is 5.11 Å². The Morgan fingerprint density at radius 1 is 1.42 bits per heavy atom. The van der Waals surface area contributed by atoms with Crippen LogP contribution in [0.1, 0.15) is 43.2 Å². The molecule has 102 valence electrons. The van der Waals surface area contributed by atoms with Crippen molar-refractivity contribution >= 4 is 0 Å². The minimum atomic E-state index is -0.409. The number of ether oxygens (including phenoxy) is 1. The molecule has 3 nitrogen and oxygen atoms in total. The maximum absolute atomic E-state index is 10.00. The number of aliphatic hydroxyl groups is 1. The van der Waals surface area contributed by atoms with E-state index in [1.165, 1.54) is 25.7 Å². The molecule has 3 heteroatoms. The number of rotatable bonds is 5. The van der Waals surface area contributed by atoms with Crippen LogP contribution in [-0.2, 0) is 0 Å². The molecule has 1 aromatic rings. The first-order valence-electron chi connectivity index (χ1n) is 7.00. The Morgan fingerprint density at radius 3 is 2.84 bits per heavy atom. The quantitative estimate of drug-likeness (QED) is 0.883. The average Bonchev–Trinajstić information content (AvgIpc) is 2.90. The maximum Gasteiger partial charge on any atom is 0.123 e. The van der Waals surface area contributed by atoms with E-state index in [2.05, 4.69) is 6.07 Å². The van der Waals surface area contributed by atoms with Crippen LogP contribution < -0.4 is 4.74 Å². The zero-order valence-electron chi connectivity index (χ0n) is 11.4. The molecule has 1 unspecified atom stereocenters. The number of aliphatic hydroxyl groups excluding tert-OH is 1. The van der Waals surface area contributed by atoms with Gasteiger partial charge in [-0.05, 0) is 37.0 Å². The van der Waals surface area contributed by atoms with Crippen molar-refractivity contribution in [1.29, 1.82) is 5.26 Å². The number of benzene rings is 1. The van der Waals surface area contributed by atoms with Gasteiger partial charge in [-0.3, -0.25) is 0 Å². The molecule has 1 saturated carbocycles. The zero-order valence-corrected chi connectivity index (χ0v) is 11.4. The highest BCUT2D eigenvalue weighted by Gasteiger charge is 2.19. The number of aryl methyl sites for hydroxylation is 1. The first-order valence-corrected chi connectivity index (χ1v) is 7.00. The van der Waals surface area contributed by atoms with Crippen molar-refractivity contribution in [2.24, 2.45) is 5.92 Å². The molecule has 1 fully saturated rings. The average molecular weight is 259 g/mol. The van der Waals surface area contributed by atoms with Gasteiger partial charge in [-0.25, -0.2) is 0 Å². The van der Waals surface area contributed by atoms with Gasteiger partial charge in [0.1, 0.15) is 12.4 Å². The summed E-state index contributed by atoms with van der Waals surface area (Å²) >= 11 is 0. The number of nitriles is 1. The van der Waals surface area contributed by atoms with Crippen LogP contribution in [0.4, 0.5) is 0 Å². The second kappa shape index (κ2) is 6.58. The SMILES string of the molecule is Cc1ccc(C#N)cc1OCC(O)CC1CCCC1. The summed E-state index contributed by atoms with van der Waals surface area (Å²) in [7, 11) is 0. The number of hydrogen-bond acceptors (Lipinski definition) is 3. The van der Waals surface area contributed by atoms with Gasteiger partial charge in [-0.1, -0.05) is 31.7 Å². The van der Waals surface area contributed by atoms with Crippen molar-refractivity contribution in [3.63, 3.8) is 0 Å². The second-order valence-corrected chi connectivity index (χ2v) is 5.44. The van der Waals surface area contributed by atoms with Gasteiger partial charge < -0.3 is 9.84 Å². The monoisotopic (exact) mass is 259 g/mol. The molecule has 0 spiro atoms. The molecule has 1 aliphatic rings. The Labute approximate surface area is 114 Å². The topological polar surface area (TPSA) is 53.2 Å². The molecule has 0 heterocycles. The fourth-order valence-electron chi connectivity index (χ4n) is 2.71. The molecule has 1 aliphatic carbocycles. The lowest BCUT2D eigenvalue weighted by atomic mass is 10.0. The molecular formula is C16H21NO2. The van der Waals surface area contributed by atoms with Crippen molar-refractivity contribution in [3.05, 3.63) is 29.3 Å². The maximum atomic E-state index is 10.00. The van der Waals surface area contributed by atoms with Gasteiger partial charge in [0.15, 0.2) is 0 Å². The highest BCUT2D eigenvalue weighted by atomic mass is 16.5. The van der Waals surface area contributed by atoms with Crippen molar-refractivity contribution in [2.45, 2.75) is 45.1 Å². The predicted octanol–water partition coefficient (Wildman–Crippen LogP) is 3.19. The van der Waals surface area contributed by atoms with E-state index >= 15 is 0 Å². The van der Waals surface area contributed by atoms with Gasteiger partial charge in [-0.15, -0.1) is 0 Å². The van der Waals surface area contributed by atoms with E-state index in [0.717, 1.165) is 12.0 Å². The van der Waals surface area contributed by atoms with Crippen LogP contribution in [0.25, 0.3) is 0 Å². The summed E-state index contributed by atoms with van der Waals surface area (Å²) in [5.74, 6) is 1.36. The highest BCUT2D eigenvalue weighted by Crippen LogP contribution is 2.29. The van der Waals surface area contributed by atoms with Crippen LogP contribution in [-0.4, -0.2) is 17.8 Å². The van der Waals surface area contributed by atoms with Crippen LogP contribution in [0.2, 0.25) is 0 Å². The van der Waals surface area contributed by atoms with Gasteiger partial charge in [0.2, 0.25) is 0 Å². The van der Waals surface area contributed by atoms with Crippen molar-refractivity contribution in [3.8, 4) is 11.8 Å². The lowest BCUT2D eigenvalue weighted by Crippen LogP contribution is -2.20. The summed E-state index contributed by atoms with van der Waals surface area (Å²) in [6.45, 7) is 2.26. The first kappa shape index (κ1) is 13.9. The minimum absolute atomic E-state index is 0.312. The molecule has 1 atom stereocenters. The van der Waals surface area contributed by atoms with E-state index in [0.29, 0.717) is 23.8 Å². The lowest BCUT2D eigenvalue weighted by molar-refractivity contribution is 0.0852. The van der Waals surface area contributed by atoms with Crippen LogP contribution >= 0.6 is 0 Å². The molecule has 19 heavy (non-hydrogen) atoms. The molecule has 1 aromatic carbocycles. The lowest BCUT2D eigenvalue weighted by Gasteiger charge is -2.17. The smallest absolute Gasteiger partial charge is 0.123 e. The fourth-order valence-corrected chi connectivity index (χ4v) is 2.71. The Morgan fingerprint density at radius 2 is 2.16 bits per heavy atom. The standard InChI is InChI=1S/C16H21NO2/c1-12-6-7-14(10-17)9-16(12)19-11-15(18)8-13-4-2-3-5-13/h6-7,9,13,15,18H,2-5,8,11H2,1H3. The Hall–Kier alpha value is -1.53. The molecular weight excluding hydrogens is 238 g/mol.